The number of carbonyl (C=O) groups excluding carboxylic acids is 1. The summed E-state index contributed by atoms with van der Waals surface area (Å²) in [5.74, 6) is 0. The van der Waals surface area contributed by atoms with Crippen molar-refractivity contribution in [1.29, 1.82) is 0 Å². The predicted molar refractivity (Wildman–Crippen MR) is 110 cm³/mol. The topological polar surface area (TPSA) is 73.0 Å². The van der Waals surface area contributed by atoms with Crippen molar-refractivity contribution in [3.05, 3.63) is 46.8 Å². The van der Waals surface area contributed by atoms with E-state index in [2.05, 4.69) is 5.32 Å². The number of carbonyl (C=O) groups is 1. The third-order valence-corrected chi connectivity index (χ3v) is 7.37. The maximum Gasteiger partial charge on any atom is 0.317 e. The van der Waals surface area contributed by atoms with Crippen LogP contribution in [0, 0.1) is 0 Å². The van der Waals surface area contributed by atoms with Crippen molar-refractivity contribution < 1.29 is 13.2 Å². The fraction of sp³-hybridized carbons (Fsp3) is 0.389. The van der Waals surface area contributed by atoms with Crippen LogP contribution in [0.2, 0.25) is 0 Å². The Morgan fingerprint density at radius 2 is 1.63 bits per heavy atom. The largest absolute Gasteiger partial charge is 0.378 e. The number of nitrogens with zero attached hydrogens (tertiary/aromatic N) is 3. The lowest BCUT2D eigenvalue weighted by Crippen LogP contribution is -2.36. The van der Waals surface area contributed by atoms with Gasteiger partial charge in [0.25, 0.3) is 10.0 Å². The highest BCUT2D eigenvalue weighted by atomic mass is 32.2. The van der Waals surface area contributed by atoms with Gasteiger partial charge in [-0.05, 0) is 29.8 Å². The molecule has 1 aromatic heterocycles. The molecule has 1 N–H and O–H groups in total. The van der Waals surface area contributed by atoms with E-state index in [1.54, 1.807) is 24.1 Å². The molecule has 2 amide bonds. The smallest absolute Gasteiger partial charge is 0.317 e. The second-order valence-corrected chi connectivity index (χ2v) is 10.1. The molecule has 9 heteroatoms. The van der Waals surface area contributed by atoms with Gasteiger partial charge in [-0.25, -0.2) is 17.5 Å². The average Bonchev–Trinajstić information content (AvgIpc) is 3.09. The molecule has 0 spiro atoms. The van der Waals surface area contributed by atoms with Gasteiger partial charge < -0.3 is 15.1 Å². The van der Waals surface area contributed by atoms with Gasteiger partial charge in [0.05, 0.1) is 6.54 Å². The minimum atomic E-state index is -3.44. The molecule has 0 radical (unpaired) electrons. The summed E-state index contributed by atoms with van der Waals surface area (Å²) in [5.41, 5.74) is 2.14. The van der Waals surface area contributed by atoms with Gasteiger partial charge in [0, 0.05) is 52.3 Å². The molecule has 7 nitrogen and oxygen atoms in total. The van der Waals surface area contributed by atoms with Crippen LogP contribution in [0.5, 0.6) is 0 Å². The van der Waals surface area contributed by atoms with Gasteiger partial charge in [-0.2, -0.15) is 0 Å². The Morgan fingerprint density at radius 3 is 2.19 bits per heavy atom. The van der Waals surface area contributed by atoms with Gasteiger partial charge in [0.1, 0.15) is 4.21 Å². The minimum Gasteiger partial charge on any atom is -0.378 e. The number of nitrogens with one attached hydrogen (secondary N) is 1. The van der Waals surface area contributed by atoms with Crippen molar-refractivity contribution in [3.8, 4) is 0 Å². The summed E-state index contributed by atoms with van der Waals surface area (Å²) in [6, 6.07) is 11.1. The van der Waals surface area contributed by atoms with E-state index >= 15 is 0 Å². The number of rotatable bonds is 7. The summed E-state index contributed by atoms with van der Waals surface area (Å²) in [5, 5.41) is 2.82. The number of amides is 2. The fourth-order valence-corrected chi connectivity index (χ4v) is 4.78. The normalized spacial score (nSPS) is 11.5. The summed E-state index contributed by atoms with van der Waals surface area (Å²) < 4.78 is 25.6. The van der Waals surface area contributed by atoms with Crippen LogP contribution in [0.1, 0.15) is 10.4 Å². The van der Waals surface area contributed by atoms with E-state index in [1.807, 2.05) is 43.3 Å². The zero-order valence-corrected chi connectivity index (χ0v) is 17.9. The third kappa shape index (κ3) is 5.44. The van der Waals surface area contributed by atoms with E-state index in [1.165, 1.54) is 18.4 Å². The van der Waals surface area contributed by atoms with Crippen LogP contribution in [-0.4, -0.2) is 58.9 Å². The lowest BCUT2D eigenvalue weighted by Gasteiger charge is -2.19. The van der Waals surface area contributed by atoms with Crippen LogP contribution >= 0.6 is 11.3 Å². The molecule has 0 atom stereocenters. The molecule has 0 aliphatic heterocycles. The van der Waals surface area contributed by atoms with Crippen LogP contribution in [0.3, 0.4) is 0 Å². The van der Waals surface area contributed by atoms with Crippen molar-refractivity contribution in [1.82, 2.24) is 14.5 Å². The molecule has 0 saturated carbocycles. The fourth-order valence-electron chi connectivity index (χ4n) is 2.31. The number of hydrogen-bond acceptors (Lipinski definition) is 5. The molecule has 148 valence electrons. The van der Waals surface area contributed by atoms with E-state index < -0.39 is 10.0 Å². The molecular formula is C18H26N4O3S2. The molecule has 0 bridgehead atoms. The standard InChI is InChI=1S/C18H26N4O3S2/c1-20(2)15-8-6-14(7-9-15)13-22(5)18(23)19-12-16-10-11-17(26-16)27(24,25)21(3)4/h6-11H,12-13H2,1-5H3,(H,19,23). The van der Waals surface area contributed by atoms with Crippen LogP contribution in [0.15, 0.2) is 40.6 Å². The second kappa shape index (κ2) is 8.73. The number of sulfonamides is 1. The molecule has 1 aromatic carbocycles. The Balaban J connectivity index is 1.91. The number of hydrogen-bond donors (Lipinski definition) is 1. The van der Waals surface area contributed by atoms with Gasteiger partial charge in [0.15, 0.2) is 0 Å². The van der Waals surface area contributed by atoms with Crippen molar-refractivity contribution in [2.75, 3.05) is 40.1 Å². The molecule has 0 aliphatic carbocycles. The first-order valence-electron chi connectivity index (χ1n) is 8.37. The maximum absolute atomic E-state index is 12.3. The SMILES string of the molecule is CN(Cc1ccc(N(C)C)cc1)C(=O)NCc1ccc(S(=O)(=O)N(C)C)s1. The summed E-state index contributed by atoms with van der Waals surface area (Å²) in [6.45, 7) is 0.778. The lowest BCUT2D eigenvalue weighted by molar-refractivity contribution is 0.206. The second-order valence-electron chi connectivity index (χ2n) is 6.58. The van der Waals surface area contributed by atoms with E-state index in [0.29, 0.717) is 6.54 Å². The lowest BCUT2D eigenvalue weighted by atomic mass is 10.2. The van der Waals surface area contributed by atoms with Gasteiger partial charge in [-0.15, -0.1) is 11.3 Å². The molecule has 1 heterocycles. The first kappa shape index (κ1) is 21.2. The van der Waals surface area contributed by atoms with E-state index in [-0.39, 0.29) is 16.8 Å². The molecule has 0 aliphatic rings. The van der Waals surface area contributed by atoms with Gasteiger partial charge in [0.2, 0.25) is 0 Å². The predicted octanol–water partition coefficient (Wildman–Crippen LogP) is 2.41. The Hall–Kier alpha value is -2.10. The Morgan fingerprint density at radius 1 is 1.00 bits per heavy atom. The van der Waals surface area contributed by atoms with Crippen molar-refractivity contribution in [3.63, 3.8) is 0 Å². The van der Waals surface area contributed by atoms with E-state index in [9.17, 15) is 13.2 Å². The molecule has 0 unspecified atom stereocenters. The van der Waals surface area contributed by atoms with Crippen molar-refractivity contribution in [2.24, 2.45) is 0 Å². The van der Waals surface area contributed by atoms with Crippen LogP contribution < -0.4 is 10.2 Å². The Kier molecular flexibility index (Phi) is 6.85. The van der Waals surface area contributed by atoms with E-state index in [4.69, 9.17) is 0 Å². The number of anilines is 1. The average molecular weight is 411 g/mol. The zero-order chi connectivity index (χ0) is 20.2. The summed E-state index contributed by atoms with van der Waals surface area (Å²) >= 11 is 1.16. The van der Waals surface area contributed by atoms with Crippen molar-refractivity contribution >= 4 is 33.1 Å². The monoisotopic (exact) mass is 410 g/mol. The highest BCUT2D eigenvalue weighted by molar-refractivity contribution is 7.91. The molecule has 2 aromatic rings. The van der Waals surface area contributed by atoms with Crippen LogP contribution in [-0.2, 0) is 23.1 Å². The highest BCUT2D eigenvalue weighted by Gasteiger charge is 2.19. The van der Waals surface area contributed by atoms with Gasteiger partial charge in [-0.3, -0.25) is 0 Å². The third-order valence-electron chi connectivity index (χ3n) is 4.00. The Labute approximate surface area is 165 Å². The first-order valence-corrected chi connectivity index (χ1v) is 10.6. The van der Waals surface area contributed by atoms with Gasteiger partial charge in [-0.1, -0.05) is 12.1 Å². The first-order chi connectivity index (χ1) is 12.6. The van der Waals surface area contributed by atoms with Gasteiger partial charge >= 0.3 is 6.03 Å². The molecule has 27 heavy (non-hydrogen) atoms. The van der Waals surface area contributed by atoms with Crippen LogP contribution in [0.25, 0.3) is 0 Å². The molecular weight excluding hydrogens is 384 g/mol. The maximum atomic E-state index is 12.3. The number of thiophene rings is 1. The van der Waals surface area contributed by atoms with E-state index in [0.717, 1.165) is 27.5 Å². The number of urea groups is 1. The summed E-state index contributed by atoms with van der Waals surface area (Å²) in [6.07, 6.45) is 0. The van der Waals surface area contributed by atoms with Crippen LogP contribution in [0.4, 0.5) is 10.5 Å². The minimum absolute atomic E-state index is 0.211. The highest BCUT2D eigenvalue weighted by Crippen LogP contribution is 2.23. The summed E-state index contributed by atoms with van der Waals surface area (Å²) in [7, 11) is 5.25. The molecule has 2 rings (SSSR count). The molecule has 0 fully saturated rings. The zero-order valence-electron chi connectivity index (χ0n) is 16.3. The molecule has 0 saturated heterocycles. The number of benzene rings is 1. The Bertz CT molecular complexity index is 874. The van der Waals surface area contributed by atoms with Crippen molar-refractivity contribution in [2.45, 2.75) is 17.3 Å². The summed E-state index contributed by atoms with van der Waals surface area (Å²) in [4.78, 5) is 16.7. The quantitative estimate of drug-likeness (QED) is 0.761.